The van der Waals surface area contributed by atoms with Gasteiger partial charge in [0, 0.05) is 54.5 Å². The van der Waals surface area contributed by atoms with Gasteiger partial charge in [0.05, 0.1) is 38.8 Å². The second kappa shape index (κ2) is 11.5. The largest absolute Gasteiger partial charge is 0.310 e. The van der Waals surface area contributed by atoms with Crippen molar-refractivity contribution in [2.75, 3.05) is 4.90 Å². The Morgan fingerprint density at radius 2 is 0.772 bits per heavy atom. The molecule has 3 nitrogen and oxygen atoms in total. The zero-order chi connectivity index (χ0) is 37.2. The van der Waals surface area contributed by atoms with Crippen molar-refractivity contribution in [1.29, 1.82) is 0 Å². The molecule has 4 heterocycles. The minimum absolute atomic E-state index is 1.13. The fourth-order valence-corrected chi connectivity index (χ4v) is 9.90. The summed E-state index contributed by atoms with van der Waals surface area (Å²) in [6, 6.07) is 73.5. The van der Waals surface area contributed by atoms with Gasteiger partial charge in [-0.3, -0.25) is 0 Å². The van der Waals surface area contributed by atoms with Gasteiger partial charge in [-0.2, -0.15) is 0 Å². The van der Waals surface area contributed by atoms with E-state index in [1.807, 2.05) is 0 Å². The minimum Gasteiger partial charge on any atom is -0.310 e. The van der Waals surface area contributed by atoms with Crippen molar-refractivity contribution in [3.05, 3.63) is 200 Å². The van der Waals surface area contributed by atoms with E-state index < -0.39 is 0 Å². The average Bonchev–Trinajstić information content (AvgIpc) is 4.00. The van der Waals surface area contributed by atoms with Gasteiger partial charge >= 0.3 is 0 Å². The van der Waals surface area contributed by atoms with Gasteiger partial charge in [0.25, 0.3) is 0 Å². The Bertz CT molecular complexity index is 3620. The normalized spacial score (nSPS) is 12.2. The van der Waals surface area contributed by atoms with E-state index in [1.54, 1.807) is 0 Å². The monoisotopic (exact) mass is 723 g/mol. The van der Waals surface area contributed by atoms with Gasteiger partial charge < -0.3 is 13.7 Å². The predicted molar refractivity (Wildman–Crippen MR) is 241 cm³/mol. The van der Waals surface area contributed by atoms with Crippen molar-refractivity contribution >= 4 is 93.3 Å². The summed E-state index contributed by atoms with van der Waals surface area (Å²) in [5.74, 6) is 0. The summed E-state index contributed by atoms with van der Waals surface area (Å²) >= 11 is 0. The van der Waals surface area contributed by atoms with Crippen LogP contribution in [-0.2, 0) is 0 Å². The third-order valence-corrected chi connectivity index (χ3v) is 12.3. The molecular weight excluding hydrogens is 691 g/mol. The molecule has 0 saturated carbocycles. The lowest BCUT2D eigenvalue weighted by molar-refractivity contribution is 1.30. The van der Waals surface area contributed by atoms with Gasteiger partial charge in [-0.15, -0.1) is 0 Å². The first-order valence-corrected chi connectivity index (χ1v) is 19.7. The van der Waals surface area contributed by atoms with E-state index in [2.05, 4.69) is 214 Å². The third-order valence-electron chi connectivity index (χ3n) is 12.3. The fraction of sp³-hybridized carbons (Fsp3) is 0. The number of fused-ring (bicyclic) bond motifs is 12. The van der Waals surface area contributed by atoms with E-state index in [-0.39, 0.29) is 0 Å². The lowest BCUT2D eigenvalue weighted by Gasteiger charge is -2.26. The molecule has 0 amide bonds. The topological polar surface area (TPSA) is 12.1 Å². The Hall–Kier alpha value is -7.62. The first kappa shape index (κ1) is 30.7. The Morgan fingerprint density at radius 1 is 0.281 bits per heavy atom. The summed E-state index contributed by atoms with van der Waals surface area (Å²) in [7, 11) is 0. The first-order chi connectivity index (χ1) is 28.3. The lowest BCUT2D eigenvalue weighted by Crippen LogP contribution is -2.10. The molecule has 4 aromatic heterocycles. The summed E-state index contributed by atoms with van der Waals surface area (Å²) in [4.78, 5) is 2.41. The van der Waals surface area contributed by atoms with E-state index in [4.69, 9.17) is 0 Å². The van der Waals surface area contributed by atoms with Gasteiger partial charge in [0.1, 0.15) is 0 Å². The van der Waals surface area contributed by atoms with Crippen LogP contribution in [-0.4, -0.2) is 8.80 Å². The Labute approximate surface area is 328 Å². The quantitative estimate of drug-likeness (QED) is 0.172. The molecule has 0 unspecified atom stereocenters. The third kappa shape index (κ3) is 4.20. The molecule has 0 N–H and O–H groups in total. The molecule has 0 radical (unpaired) electrons. The van der Waals surface area contributed by atoms with Gasteiger partial charge in [0.15, 0.2) is 0 Å². The Morgan fingerprint density at radius 3 is 1.42 bits per heavy atom. The van der Waals surface area contributed by atoms with Crippen LogP contribution >= 0.6 is 0 Å². The zero-order valence-corrected chi connectivity index (χ0v) is 30.9. The summed E-state index contributed by atoms with van der Waals surface area (Å²) in [6.07, 6.45) is 0. The van der Waals surface area contributed by atoms with Crippen molar-refractivity contribution in [2.24, 2.45) is 0 Å². The van der Waals surface area contributed by atoms with Gasteiger partial charge in [-0.05, 0) is 95.1 Å². The number of hydrogen-bond acceptors (Lipinski definition) is 1. The molecule has 57 heavy (non-hydrogen) atoms. The predicted octanol–water partition coefficient (Wildman–Crippen LogP) is 14.8. The number of nitrogens with zero attached hydrogens (tertiary/aromatic N) is 3. The van der Waals surface area contributed by atoms with Crippen LogP contribution in [0.1, 0.15) is 0 Å². The standard InChI is InChI=1S/C54H33N3/c1-5-15-34(16-6-1)36-25-27-48-42(29-36)45-30-37(35-17-7-2-8-18-35)31-46-44-33-50-43(32-51(44)56(48)53(45)46)40-26-28-49(52-41-23-13-14-24-47(41)57(50)54(40)52)55(38-19-9-3-10-20-38)39-21-11-4-12-22-39/h1-33H. The molecule has 264 valence electrons. The van der Waals surface area contributed by atoms with E-state index >= 15 is 0 Å². The van der Waals surface area contributed by atoms with Crippen molar-refractivity contribution in [3.63, 3.8) is 0 Å². The maximum atomic E-state index is 2.53. The molecule has 13 rings (SSSR count). The zero-order valence-electron chi connectivity index (χ0n) is 30.9. The SMILES string of the molecule is c1ccc(-c2ccc3c(c2)c2cc(-c4ccccc4)cc4c5cc6c(cc5n3c24)c2ccc(N(c3ccccc3)c3ccccc3)c3c4ccccc4n6c23)cc1. The Kier molecular flexibility index (Phi) is 6.16. The lowest BCUT2D eigenvalue weighted by atomic mass is 9.97. The molecule has 0 aliphatic rings. The van der Waals surface area contributed by atoms with Crippen LogP contribution in [0.3, 0.4) is 0 Å². The fourth-order valence-electron chi connectivity index (χ4n) is 9.90. The van der Waals surface area contributed by atoms with Crippen LogP contribution in [0.4, 0.5) is 17.1 Å². The second-order valence-electron chi connectivity index (χ2n) is 15.3. The van der Waals surface area contributed by atoms with Crippen molar-refractivity contribution in [3.8, 4) is 22.3 Å². The molecule has 0 aliphatic carbocycles. The van der Waals surface area contributed by atoms with E-state index in [0.717, 1.165) is 11.4 Å². The molecule has 3 heteroatoms. The summed E-state index contributed by atoms with van der Waals surface area (Å²) in [5, 5.41) is 10.2. The number of para-hydroxylation sites is 3. The van der Waals surface area contributed by atoms with Crippen LogP contribution in [0.15, 0.2) is 200 Å². The highest BCUT2D eigenvalue weighted by Gasteiger charge is 2.26. The first-order valence-electron chi connectivity index (χ1n) is 19.7. The number of aromatic nitrogens is 2. The molecule has 9 aromatic carbocycles. The molecular formula is C54H33N3. The van der Waals surface area contributed by atoms with Crippen molar-refractivity contribution in [2.45, 2.75) is 0 Å². The minimum atomic E-state index is 1.13. The average molecular weight is 724 g/mol. The molecule has 0 aliphatic heterocycles. The Balaban J connectivity index is 1.16. The van der Waals surface area contributed by atoms with Crippen LogP contribution in [0.25, 0.3) is 98.4 Å². The van der Waals surface area contributed by atoms with Crippen LogP contribution in [0.2, 0.25) is 0 Å². The number of hydrogen-bond donors (Lipinski definition) is 0. The second-order valence-corrected chi connectivity index (χ2v) is 15.3. The van der Waals surface area contributed by atoms with E-state index in [1.165, 1.54) is 104 Å². The molecule has 13 aromatic rings. The highest BCUT2D eigenvalue weighted by atomic mass is 15.1. The van der Waals surface area contributed by atoms with Crippen molar-refractivity contribution in [1.82, 2.24) is 8.80 Å². The van der Waals surface area contributed by atoms with Crippen molar-refractivity contribution < 1.29 is 0 Å². The number of benzene rings is 9. The smallest absolute Gasteiger partial charge is 0.0641 e. The van der Waals surface area contributed by atoms with Gasteiger partial charge in [-0.1, -0.05) is 127 Å². The maximum Gasteiger partial charge on any atom is 0.0641 e. The van der Waals surface area contributed by atoms with E-state index in [9.17, 15) is 0 Å². The van der Waals surface area contributed by atoms with Gasteiger partial charge in [-0.25, -0.2) is 0 Å². The van der Waals surface area contributed by atoms with Crippen LogP contribution in [0, 0.1) is 0 Å². The van der Waals surface area contributed by atoms with Crippen LogP contribution < -0.4 is 4.90 Å². The number of anilines is 3. The molecule has 0 spiro atoms. The molecule has 0 fully saturated rings. The summed E-state index contributed by atoms with van der Waals surface area (Å²) in [5.41, 5.74) is 15.8. The number of rotatable bonds is 5. The molecule has 0 bridgehead atoms. The summed E-state index contributed by atoms with van der Waals surface area (Å²) < 4.78 is 5.06. The van der Waals surface area contributed by atoms with Crippen LogP contribution in [0.5, 0.6) is 0 Å². The van der Waals surface area contributed by atoms with Gasteiger partial charge in [0.2, 0.25) is 0 Å². The summed E-state index contributed by atoms with van der Waals surface area (Å²) in [6.45, 7) is 0. The molecule has 0 atom stereocenters. The molecule has 0 saturated heterocycles. The maximum absolute atomic E-state index is 2.53. The highest BCUT2D eigenvalue weighted by molar-refractivity contribution is 6.31. The van der Waals surface area contributed by atoms with E-state index in [0.29, 0.717) is 0 Å². The highest BCUT2D eigenvalue weighted by Crippen LogP contribution is 2.49.